The molecule has 0 aliphatic carbocycles. The largest absolute Gasteiger partial charge is 0.508 e. The van der Waals surface area contributed by atoms with Gasteiger partial charge in [-0.3, -0.25) is 9.59 Å². The molecule has 0 spiro atoms. The molecule has 1 aromatic heterocycles. The molecule has 0 radical (unpaired) electrons. The van der Waals surface area contributed by atoms with E-state index in [4.69, 9.17) is 4.74 Å². The van der Waals surface area contributed by atoms with Gasteiger partial charge in [0, 0.05) is 37.5 Å². The molecule has 0 unspecified atom stereocenters. The minimum Gasteiger partial charge on any atom is -0.508 e. The van der Waals surface area contributed by atoms with Crippen LogP contribution in [-0.2, 0) is 22.6 Å². The maximum Gasteiger partial charge on any atom is 0.295 e. The van der Waals surface area contributed by atoms with Gasteiger partial charge in [-0.2, -0.15) is 0 Å². The first-order valence-electron chi connectivity index (χ1n) is 11.3. The normalized spacial score (nSPS) is 21.0. The molecular formula is C26H25N3O5. The number of aliphatic hydroxyl groups excluding tert-OH is 1. The predicted molar refractivity (Wildman–Crippen MR) is 124 cm³/mol. The summed E-state index contributed by atoms with van der Waals surface area (Å²) < 4.78 is 7.64. The third-order valence-electron chi connectivity index (χ3n) is 6.29. The van der Waals surface area contributed by atoms with Crippen molar-refractivity contribution >= 4 is 17.4 Å². The van der Waals surface area contributed by atoms with E-state index in [1.807, 2.05) is 23.8 Å². The van der Waals surface area contributed by atoms with Crippen LogP contribution < -0.4 is 4.74 Å². The molecule has 8 heteroatoms. The van der Waals surface area contributed by atoms with E-state index >= 15 is 0 Å². The van der Waals surface area contributed by atoms with E-state index in [2.05, 4.69) is 4.98 Å². The molecule has 5 rings (SSSR count). The second-order valence-corrected chi connectivity index (χ2v) is 8.69. The van der Waals surface area contributed by atoms with E-state index in [0.29, 0.717) is 37.1 Å². The minimum absolute atomic E-state index is 0.0465. The van der Waals surface area contributed by atoms with Crippen LogP contribution in [0.25, 0.3) is 5.76 Å². The Hall–Kier alpha value is -4.07. The fourth-order valence-electron chi connectivity index (χ4n) is 4.68. The molecule has 8 nitrogen and oxygen atoms in total. The van der Waals surface area contributed by atoms with Gasteiger partial charge in [-0.1, -0.05) is 12.1 Å². The highest BCUT2D eigenvalue weighted by atomic mass is 16.5. The van der Waals surface area contributed by atoms with E-state index in [-0.39, 0.29) is 23.2 Å². The van der Waals surface area contributed by atoms with Crippen LogP contribution in [0.1, 0.15) is 36.1 Å². The molecular weight excluding hydrogens is 434 g/mol. The highest BCUT2D eigenvalue weighted by Crippen LogP contribution is 2.41. The zero-order valence-electron chi connectivity index (χ0n) is 18.7. The van der Waals surface area contributed by atoms with Gasteiger partial charge in [0.15, 0.2) is 0 Å². The predicted octanol–water partition coefficient (Wildman–Crippen LogP) is 3.42. The van der Waals surface area contributed by atoms with E-state index < -0.39 is 17.7 Å². The van der Waals surface area contributed by atoms with Crippen LogP contribution in [-0.4, -0.2) is 49.0 Å². The second-order valence-electron chi connectivity index (χ2n) is 8.69. The number of Topliss-reactive ketones (excluding diaryl/α,β-unsaturated/α-hetero) is 1. The van der Waals surface area contributed by atoms with Gasteiger partial charge in [0.1, 0.15) is 23.4 Å². The van der Waals surface area contributed by atoms with E-state index in [1.165, 1.54) is 17.0 Å². The maximum atomic E-state index is 13.2. The first kappa shape index (κ1) is 21.8. The van der Waals surface area contributed by atoms with Crippen LogP contribution in [0.4, 0.5) is 0 Å². The number of aromatic hydroxyl groups is 1. The Morgan fingerprint density at radius 1 is 1.15 bits per heavy atom. The number of ether oxygens (including phenoxy) is 1. The smallest absolute Gasteiger partial charge is 0.295 e. The summed E-state index contributed by atoms with van der Waals surface area (Å²) in [6, 6.07) is 10.9. The highest BCUT2D eigenvalue weighted by molar-refractivity contribution is 6.46. The summed E-state index contributed by atoms with van der Waals surface area (Å²) in [5.74, 6) is -0.741. The number of rotatable bonds is 6. The topological polar surface area (TPSA) is 105 Å². The Bertz CT molecular complexity index is 1260. The minimum atomic E-state index is -0.758. The molecule has 3 heterocycles. The van der Waals surface area contributed by atoms with Crippen LogP contribution in [0.3, 0.4) is 0 Å². The van der Waals surface area contributed by atoms with E-state index in [1.54, 1.807) is 36.8 Å². The summed E-state index contributed by atoms with van der Waals surface area (Å²) in [4.78, 5) is 31.7. The number of carbonyl (C=O) groups excluding carboxylic acids is 2. The standard InChI is InChI=1S/C26H25N3O5/c1-16-13-19-14-18(5-8-21(19)34-16)24(31)22-23(17-3-6-20(30)7-4-17)29(26(33)25(22)32)11-2-10-28-12-9-27-15-28/h3-9,12,14-16,23,30-31H,2,10-11,13H2,1H3/t16-,23-/m1/s1. The highest BCUT2D eigenvalue weighted by Gasteiger charge is 2.45. The first-order valence-corrected chi connectivity index (χ1v) is 11.3. The summed E-state index contributed by atoms with van der Waals surface area (Å²) >= 11 is 0. The van der Waals surface area contributed by atoms with Gasteiger partial charge in [0.25, 0.3) is 11.7 Å². The number of amides is 1. The number of fused-ring (bicyclic) bond motifs is 1. The van der Waals surface area contributed by atoms with Crippen LogP contribution in [0.2, 0.25) is 0 Å². The Kier molecular flexibility index (Phi) is 5.57. The third kappa shape index (κ3) is 3.91. The number of hydrogen-bond donors (Lipinski definition) is 2. The number of carbonyl (C=O) groups is 2. The van der Waals surface area contributed by atoms with Crippen molar-refractivity contribution in [2.45, 2.75) is 38.5 Å². The zero-order chi connectivity index (χ0) is 23.8. The van der Waals surface area contributed by atoms with Crippen molar-refractivity contribution in [1.29, 1.82) is 0 Å². The summed E-state index contributed by atoms with van der Waals surface area (Å²) in [7, 11) is 0. The van der Waals surface area contributed by atoms with E-state index in [9.17, 15) is 19.8 Å². The monoisotopic (exact) mass is 459 g/mol. The molecule has 2 aromatic carbocycles. The second kappa shape index (κ2) is 8.70. The number of imidazole rings is 1. The van der Waals surface area contributed by atoms with Gasteiger partial charge in [0.2, 0.25) is 0 Å². The number of aliphatic hydroxyl groups is 1. The molecule has 0 bridgehead atoms. The molecule has 1 fully saturated rings. The lowest BCUT2D eigenvalue weighted by Crippen LogP contribution is -2.31. The number of phenols is 1. The molecule has 2 N–H and O–H groups in total. The number of phenolic OH excluding ortho intramolecular Hbond substituents is 1. The first-order chi connectivity index (χ1) is 16.4. The molecule has 2 aliphatic heterocycles. The number of aromatic nitrogens is 2. The SMILES string of the molecule is C[C@@H]1Cc2cc(C(O)=C3C(=O)C(=O)N(CCCn4ccnc4)[C@@H]3c3ccc(O)cc3)ccc2O1. The molecule has 2 atom stereocenters. The van der Waals surface area contributed by atoms with Crippen molar-refractivity contribution in [3.8, 4) is 11.5 Å². The summed E-state index contributed by atoms with van der Waals surface area (Å²) in [6.07, 6.45) is 6.58. The number of hydrogen-bond acceptors (Lipinski definition) is 6. The quantitative estimate of drug-likeness (QED) is 0.333. The van der Waals surface area contributed by atoms with Crippen molar-refractivity contribution in [3.05, 3.63) is 83.4 Å². The van der Waals surface area contributed by atoms with Gasteiger partial charge < -0.3 is 24.4 Å². The van der Waals surface area contributed by atoms with Gasteiger partial charge in [0.05, 0.1) is 17.9 Å². The van der Waals surface area contributed by atoms with Crippen molar-refractivity contribution in [2.75, 3.05) is 6.54 Å². The number of benzene rings is 2. The van der Waals surface area contributed by atoms with Gasteiger partial charge in [-0.25, -0.2) is 4.98 Å². The Morgan fingerprint density at radius 3 is 2.68 bits per heavy atom. The van der Waals surface area contributed by atoms with Crippen LogP contribution >= 0.6 is 0 Å². The Balaban J connectivity index is 1.52. The van der Waals surface area contributed by atoms with Crippen molar-refractivity contribution < 1.29 is 24.5 Å². The van der Waals surface area contributed by atoms with Crippen molar-refractivity contribution in [3.63, 3.8) is 0 Å². The third-order valence-corrected chi connectivity index (χ3v) is 6.29. The summed E-state index contributed by atoms with van der Waals surface area (Å²) in [6.45, 7) is 2.93. The lowest BCUT2D eigenvalue weighted by molar-refractivity contribution is -0.139. The number of aryl methyl sites for hydroxylation is 1. The lowest BCUT2D eigenvalue weighted by atomic mass is 9.94. The molecule has 0 saturated carbocycles. The number of nitrogens with zero attached hydrogens (tertiary/aromatic N) is 3. The summed E-state index contributed by atoms with van der Waals surface area (Å²) in [5.41, 5.74) is 2.11. The molecule has 174 valence electrons. The summed E-state index contributed by atoms with van der Waals surface area (Å²) in [5, 5.41) is 21.0. The van der Waals surface area contributed by atoms with Gasteiger partial charge in [-0.05, 0) is 54.8 Å². The Labute approximate surface area is 196 Å². The van der Waals surface area contributed by atoms with Crippen molar-refractivity contribution in [2.24, 2.45) is 0 Å². The van der Waals surface area contributed by atoms with Gasteiger partial charge >= 0.3 is 0 Å². The van der Waals surface area contributed by atoms with Crippen LogP contribution in [0.5, 0.6) is 11.5 Å². The van der Waals surface area contributed by atoms with Crippen LogP contribution in [0, 0.1) is 0 Å². The van der Waals surface area contributed by atoms with Crippen molar-refractivity contribution in [1.82, 2.24) is 14.5 Å². The fourth-order valence-corrected chi connectivity index (χ4v) is 4.68. The molecule has 34 heavy (non-hydrogen) atoms. The number of likely N-dealkylation sites (tertiary alicyclic amines) is 1. The maximum absolute atomic E-state index is 13.2. The fraction of sp³-hybridized carbons (Fsp3) is 0.269. The number of ketones is 1. The van der Waals surface area contributed by atoms with Crippen LogP contribution in [0.15, 0.2) is 66.8 Å². The Morgan fingerprint density at radius 2 is 1.94 bits per heavy atom. The molecule has 2 aliphatic rings. The molecule has 1 saturated heterocycles. The van der Waals surface area contributed by atoms with Gasteiger partial charge in [-0.15, -0.1) is 0 Å². The zero-order valence-corrected chi connectivity index (χ0v) is 18.7. The molecule has 1 amide bonds. The average Bonchev–Trinajstić information content (AvgIpc) is 3.53. The average molecular weight is 460 g/mol. The molecule has 3 aromatic rings. The van der Waals surface area contributed by atoms with E-state index in [0.717, 1.165) is 11.3 Å². The lowest BCUT2D eigenvalue weighted by Gasteiger charge is -2.25.